The third-order valence-corrected chi connectivity index (χ3v) is 4.04. The minimum absolute atomic E-state index is 0.226. The largest absolute Gasteiger partial charge is 0.399 e. The first-order valence-electron chi connectivity index (χ1n) is 3.68. The van der Waals surface area contributed by atoms with E-state index in [9.17, 15) is 16.8 Å². The van der Waals surface area contributed by atoms with Gasteiger partial charge in [0.1, 0.15) is 0 Å². The highest BCUT2D eigenvalue weighted by atomic mass is 33.2. The highest BCUT2D eigenvalue weighted by molar-refractivity contribution is 8.63. The molecule has 0 fully saturated rings. The predicted octanol–water partition coefficient (Wildman–Crippen LogP) is 0.326. The second kappa shape index (κ2) is 4.89. The van der Waals surface area contributed by atoms with Gasteiger partial charge in [0, 0.05) is 0 Å². The lowest BCUT2D eigenvalue weighted by molar-refractivity contribution is 0.313. The SMILES string of the molecule is CCCCCOS(=O)(=O)S(=O)(=O)O. The van der Waals surface area contributed by atoms with Gasteiger partial charge in [-0.1, -0.05) is 19.8 Å². The van der Waals surface area contributed by atoms with Gasteiger partial charge < -0.3 is 0 Å². The quantitative estimate of drug-likeness (QED) is 0.402. The van der Waals surface area contributed by atoms with Crippen LogP contribution in [0.25, 0.3) is 0 Å². The third kappa shape index (κ3) is 4.55. The molecule has 0 unspecified atom stereocenters. The summed E-state index contributed by atoms with van der Waals surface area (Å²) in [4.78, 5) is 0. The van der Waals surface area contributed by atoms with E-state index in [1.807, 2.05) is 6.92 Å². The molecule has 80 valence electrons. The lowest BCUT2D eigenvalue weighted by Gasteiger charge is -2.00. The summed E-state index contributed by atoms with van der Waals surface area (Å²) in [5.41, 5.74) is 0. The fraction of sp³-hybridized carbons (Fsp3) is 1.00. The van der Waals surface area contributed by atoms with Crippen molar-refractivity contribution in [2.75, 3.05) is 6.61 Å². The maximum Gasteiger partial charge on any atom is 0.399 e. The fourth-order valence-corrected chi connectivity index (χ4v) is 1.59. The zero-order valence-corrected chi connectivity index (χ0v) is 8.77. The zero-order valence-electron chi connectivity index (χ0n) is 7.13. The number of hydrogen-bond acceptors (Lipinski definition) is 5. The van der Waals surface area contributed by atoms with Gasteiger partial charge in [0.05, 0.1) is 6.61 Å². The summed E-state index contributed by atoms with van der Waals surface area (Å²) >= 11 is 0. The molecular weight excluding hydrogens is 220 g/mol. The lowest BCUT2D eigenvalue weighted by atomic mass is 10.3. The normalized spacial score (nSPS) is 13.1. The molecule has 0 spiro atoms. The highest BCUT2D eigenvalue weighted by Crippen LogP contribution is 2.04. The minimum Gasteiger partial charge on any atom is -0.272 e. The van der Waals surface area contributed by atoms with Crippen LogP contribution in [0.15, 0.2) is 0 Å². The molecule has 1 N–H and O–H groups in total. The van der Waals surface area contributed by atoms with Crippen LogP contribution in [0.2, 0.25) is 0 Å². The Kier molecular flexibility index (Phi) is 4.82. The molecule has 0 atom stereocenters. The van der Waals surface area contributed by atoms with E-state index in [-0.39, 0.29) is 6.61 Å². The molecule has 0 rings (SSSR count). The van der Waals surface area contributed by atoms with Gasteiger partial charge in [-0.3, -0.25) is 8.74 Å². The summed E-state index contributed by atoms with van der Waals surface area (Å²) in [6.45, 7) is 1.67. The first-order chi connectivity index (χ1) is 5.81. The minimum atomic E-state index is -5.14. The van der Waals surface area contributed by atoms with E-state index < -0.39 is 18.3 Å². The van der Waals surface area contributed by atoms with E-state index >= 15 is 0 Å². The summed E-state index contributed by atoms with van der Waals surface area (Å²) in [6, 6.07) is 0. The first kappa shape index (κ1) is 12.8. The van der Waals surface area contributed by atoms with Gasteiger partial charge in [-0.2, -0.15) is 16.8 Å². The summed E-state index contributed by atoms with van der Waals surface area (Å²) in [5.74, 6) is 0. The van der Waals surface area contributed by atoms with E-state index in [1.165, 1.54) is 0 Å². The molecular formula is C5H12O6S2. The van der Waals surface area contributed by atoms with Gasteiger partial charge in [0.25, 0.3) is 0 Å². The molecule has 6 nitrogen and oxygen atoms in total. The van der Waals surface area contributed by atoms with Crippen LogP contribution in [-0.2, 0) is 22.5 Å². The Morgan fingerprint density at radius 2 is 1.69 bits per heavy atom. The standard InChI is InChI=1S/C5H12O6S2/c1-2-3-4-5-11-13(9,10)12(6,7)8/h2-5H2,1H3,(H,6,7,8). The van der Waals surface area contributed by atoms with Gasteiger partial charge in [-0.25, -0.2) is 0 Å². The Hall–Kier alpha value is -0.180. The van der Waals surface area contributed by atoms with Crippen LogP contribution in [0.5, 0.6) is 0 Å². The molecule has 0 heterocycles. The first-order valence-corrected chi connectivity index (χ1v) is 7.04. The molecule has 0 aliphatic heterocycles. The van der Waals surface area contributed by atoms with Crippen molar-refractivity contribution < 1.29 is 25.6 Å². The smallest absolute Gasteiger partial charge is 0.272 e. The molecule has 0 aliphatic carbocycles. The van der Waals surface area contributed by atoms with Gasteiger partial charge in [0.2, 0.25) is 0 Å². The monoisotopic (exact) mass is 232 g/mol. The summed E-state index contributed by atoms with van der Waals surface area (Å²) in [6.07, 6.45) is 2.03. The molecule has 0 aliphatic rings. The summed E-state index contributed by atoms with van der Waals surface area (Å²) < 4.78 is 53.6. The summed E-state index contributed by atoms with van der Waals surface area (Å²) in [7, 11) is -9.99. The Balaban J connectivity index is 4.08. The van der Waals surface area contributed by atoms with E-state index in [0.29, 0.717) is 6.42 Å². The maximum atomic E-state index is 10.6. The molecule has 0 aromatic rings. The Labute approximate surface area is 77.2 Å². The van der Waals surface area contributed by atoms with Crippen LogP contribution in [0.4, 0.5) is 0 Å². The fourth-order valence-electron chi connectivity index (χ4n) is 0.574. The average molecular weight is 232 g/mol. The van der Waals surface area contributed by atoms with Crippen molar-refractivity contribution in [3.05, 3.63) is 0 Å². The molecule has 0 aromatic heterocycles. The second-order valence-electron chi connectivity index (χ2n) is 2.37. The van der Waals surface area contributed by atoms with Crippen LogP contribution < -0.4 is 0 Å². The molecule has 0 radical (unpaired) electrons. The van der Waals surface area contributed by atoms with Gasteiger partial charge in [-0.05, 0) is 6.42 Å². The van der Waals surface area contributed by atoms with Gasteiger partial charge >= 0.3 is 18.3 Å². The van der Waals surface area contributed by atoms with Gasteiger partial charge in [0.15, 0.2) is 0 Å². The Bertz CT molecular complexity index is 326. The van der Waals surface area contributed by atoms with Crippen molar-refractivity contribution >= 4 is 18.3 Å². The Morgan fingerprint density at radius 3 is 2.08 bits per heavy atom. The van der Waals surface area contributed by atoms with E-state index in [1.54, 1.807) is 0 Å². The van der Waals surface area contributed by atoms with E-state index in [0.717, 1.165) is 12.8 Å². The second-order valence-corrected chi connectivity index (χ2v) is 6.76. The van der Waals surface area contributed by atoms with Crippen molar-refractivity contribution in [3.63, 3.8) is 0 Å². The van der Waals surface area contributed by atoms with Crippen molar-refractivity contribution in [1.82, 2.24) is 0 Å². The van der Waals surface area contributed by atoms with Crippen molar-refractivity contribution in [3.8, 4) is 0 Å². The molecule has 13 heavy (non-hydrogen) atoms. The molecule has 0 amide bonds. The molecule has 0 bridgehead atoms. The van der Waals surface area contributed by atoms with Crippen molar-refractivity contribution in [1.29, 1.82) is 0 Å². The van der Waals surface area contributed by atoms with Crippen LogP contribution in [0, 0.1) is 0 Å². The highest BCUT2D eigenvalue weighted by Gasteiger charge is 2.27. The van der Waals surface area contributed by atoms with E-state index in [4.69, 9.17) is 4.55 Å². The molecule has 8 heteroatoms. The molecule has 0 saturated carbocycles. The molecule has 0 saturated heterocycles. The number of hydrogen-bond donors (Lipinski definition) is 1. The number of unbranched alkanes of at least 4 members (excludes halogenated alkanes) is 2. The van der Waals surface area contributed by atoms with Crippen LogP contribution >= 0.6 is 0 Å². The topological polar surface area (TPSA) is 97.7 Å². The summed E-state index contributed by atoms with van der Waals surface area (Å²) in [5, 5.41) is 0. The van der Waals surface area contributed by atoms with Crippen LogP contribution in [0.1, 0.15) is 26.2 Å². The van der Waals surface area contributed by atoms with Crippen molar-refractivity contribution in [2.24, 2.45) is 0 Å². The Morgan fingerprint density at radius 1 is 1.15 bits per heavy atom. The maximum absolute atomic E-state index is 10.6. The third-order valence-electron chi connectivity index (χ3n) is 1.23. The van der Waals surface area contributed by atoms with E-state index in [2.05, 4.69) is 4.18 Å². The van der Waals surface area contributed by atoms with Crippen LogP contribution in [-0.4, -0.2) is 28.0 Å². The lowest BCUT2D eigenvalue weighted by Crippen LogP contribution is -2.17. The zero-order chi connectivity index (χ0) is 10.5. The predicted molar refractivity (Wildman–Crippen MR) is 45.9 cm³/mol. The number of rotatable bonds is 6. The van der Waals surface area contributed by atoms with Crippen molar-refractivity contribution in [2.45, 2.75) is 26.2 Å². The molecule has 0 aromatic carbocycles. The van der Waals surface area contributed by atoms with Gasteiger partial charge in [-0.15, -0.1) is 0 Å². The van der Waals surface area contributed by atoms with Crippen LogP contribution in [0.3, 0.4) is 0 Å². The average Bonchev–Trinajstić information content (AvgIpc) is 1.96.